The average molecular weight is 412 g/mol. The van der Waals surface area contributed by atoms with Gasteiger partial charge < -0.3 is 10.2 Å². The summed E-state index contributed by atoms with van der Waals surface area (Å²) >= 11 is 9.12. The van der Waals surface area contributed by atoms with E-state index in [-0.39, 0.29) is 23.3 Å². The van der Waals surface area contributed by atoms with Crippen molar-refractivity contribution < 1.29 is 14.0 Å². The van der Waals surface area contributed by atoms with Gasteiger partial charge in [0.2, 0.25) is 11.8 Å². The molecule has 124 valence electrons. The second-order valence-corrected chi connectivity index (χ2v) is 6.74. The highest BCUT2D eigenvalue weighted by atomic mass is 79.9. The number of carbonyl (C=O) groups is 2. The first-order valence-corrected chi connectivity index (χ1v) is 8.43. The Morgan fingerprint density at radius 1 is 1.29 bits per heavy atom. The highest BCUT2D eigenvalue weighted by molar-refractivity contribution is 9.10. The summed E-state index contributed by atoms with van der Waals surface area (Å²) in [6.07, 6.45) is 0.127. The predicted octanol–water partition coefficient (Wildman–Crippen LogP) is 4.23. The first kappa shape index (κ1) is 16.9. The molecule has 0 spiro atoms. The Kier molecular flexibility index (Phi) is 4.87. The van der Waals surface area contributed by atoms with Crippen LogP contribution in [0.15, 0.2) is 46.9 Å². The summed E-state index contributed by atoms with van der Waals surface area (Å²) in [5, 5.41) is 2.61. The smallest absolute Gasteiger partial charge is 0.229 e. The molecule has 0 radical (unpaired) electrons. The lowest BCUT2D eigenvalue weighted by Crippen LogP contribution is -2.28. The third-order valence-corrected chi connectivity index (χ3v) is 4.79. The van der Waals surface area contributed by atoms with Crippen LogP contribution in [0.2, 0.25) is 5.02 Å². The molecule has 0 aromatic heterocycles. The molecule has 1 N–H and O–H groups in total. The standard InChI is InChI=1S/C17H13BrClFN2O2/c18-12-3-1-2-4-15(12)22-9-10(7-16(22)23)17(24)21-11-5-6-14(20)13(19)8-11/h1-6,8,10H,7,9H2,(H,21,24). The van der Waals surface area contributed by atoms with Gasteiger partial charge in [-0.15, -0.1) is 0 Å². The number of nitrogens with zero attached hydrogens (tertiary/aromatic N) is 1. The van der Waals surface area contributed by atoms with E-state index >= 15 is 0 Å². The quantitative estimate of drug-likeness (QED) is 0.821. The first-order valence-electron chi connectivity index (χ1n) is 7.26. The van der Waals surface area contributed by atoms with Crippen LogP contribution in [0.3, 0.4) is 0 Å². The van der Waals surface area contributed by atoms with E-state index in [1.54, 1.807) is 4.90 Å². The van der Waals surface area contributed by atoms with Gasteiger partial charge in [0, 0.05) is 23.1 Å². The van der Waals surface area contributed by atoms with Crippen molar-refractivity contribution in [2.45, 2.75) is 6.42 Å². The summed E-state index contributed by atoms with van der Waals surface area (Å²) in [7, 11) is 0. The van der Waals surface area contributed by atoms with Crippen LogP contribution in [-0.2, 0) is 9.59 Å². The van der Waals surface area contributed by atoms with E-state index in [1.165, 1.54) is 18.2 Å². The van der Waals surface area contributed by atoms with Gasteiger partial charge in [-0.05, 0) is 46.3 Å². The molecule has 1 aliphatic rings. The number of hydrogen-bond donors (Lipinski definition) is 1. The van der Waals surface area contributed by atoms with Gasteiger partial charge in [0.05, 0.1) is 16.6 Å². The molecule has 0 aliphatic carbocycles. The van der Waals surface area contributed by atoms with Crippen LogP contribution in [0.25, 0.3) is 0 Å². The van der Waals surface area contributed by atoms with Crippen LogP contribution in [0.1, 0.15) is 6.42 Å². The maximum absolute atomic E-state index is 13.2. The van der Waals surface area contributed by atoms with Crippen LogP contribution >= 0.6 is 27.5 Å². The highest BCUT2D eigenvalue weighted by Gasteiger charge is 2.35. The number of carbonyl (C=O) groups excluding carboxylic acids is 2. The van der Waals surface area contributed by atoms with E-state index in [9.17, 15) is 14.0 Å². The van der Waals surface area contributed by atoms with E-state index in [4.69, 9.17) is 11.6 Å². The molecule has 1 unspecified atom stereocenters. The SMILES string of the molecule is O=C(Nc1ccc(F)c(Cl)c1)C1CC(=O)N(c2ccccc2Br)C1. The van der Waals surface area contributed by atoms with Gasteiger partial charge in [-0.25, -0.2) is 4.39 Å². The maximum atomic E-state index is 13.2. The van der Waals surface area contributed by atoms with Gasteiger partial charge in [-0.1, -0.05) is 23.7 Å². The number of amides is 2. The van der Waals surface area contributed by atoms with Crippen molar-refractivity contribution in [1.82, 2.24) is 0 Å². The lowest BCUT2D eigenvalue weighted by molar-refractivity contribution is -0.122. The fraction of sp³-hybridized carbons (Fsp3) is 0.176. The van der Waals surface area contributed by atoms with Crippen LogP contribution in [0, 0.1) is 11.7 Å². The lowest BCUT2D eigenvalue weighted by atomic mass is 10.1. The minimum atomic E-state index is -0.550. The average Bonchev–Trinajstić information content (AvgIpc) is 2.93. The van der Waals surface area contributed by atoms with Crippen molar-refractivity contribution in [2.75, 3.05) is 16.8 Å². The number of para-hydroxylation sites is 1. The van der Waals surface area contributed by atoms with E-state index < -0.39 is 11.7 Å². The molecule has 1 aliphatic heterocycles. The third kappa shape index (κ3) is 3.44. The molecule has 3 rings (SSSR count). The Morgan fingerprint density at radius 3 is 2.75 bits per heavy atom. The monoisotopic (exact) mass is 410 g/mol. The predicted molar refractivity (Wildman–Crippen MR) is 94.6 cm³/mol. The summed E-state index contributed by atoms with van der Waals surface area (Å²) in [6, 6.07) is 11.3. The van der Waals surface area contributed by atoms with Crippen LogP contribution in [0.5, 0.6) is 0 Å². The molecular weight excluding hydrogens is 399 g/mol. The van der Waals surface area contributed by atoms with Gasteiger partial charge in [-0.3, -0.25) is 9.59 Å². The van der Waals surface area contributed by atoms with Crippen molar-refractivity contribution in [1.29, 1.82) is 0 Å². The lowest BCUT2D eigenvalue weighted by Gasteiger charge is -2.18. The fourth-order valence-electron chi connectivity index (χ4n) is 2.60. The Labute approximate surface area is 151 Å². The molecule has 2 aromatic rings. The molecular formula is C17H13BrClFN2O2. The normalized spacial score (nSPS) is 17.2. The van der Waals surface area contributed by atoms with Gasteiger partial charge >= 0.3 is 0 Å². The van der Waals surface area contributed by atoms with Gasteiger partial charge in [0.1, 0.15) is 5.82 Å². The Bertz CT molecular complexity index is 815. The second-order valence-electron chi connectivity index (χ2n) is 5.47. The van der Waals surface area contributed by atoms with Crippen LogP contribution in [-0.4, -0.2) is 18.4 Å². The van der Waals surface area contributed by atoms with E-state index in [1.807, 2.05) is 24.3 Å². The molecule has 2 aromatic carbocycles. The zero-order valence-electron chi connectivity index (χ0n) is 12.4. The molecule has 1 heterocycles. The Balaban J connectivity index is 1.72. The van der Waals surface area contributed by atoms with E-state index in [0.717, 1.165) is 10.2 Å². The number of rotatable bonds is 3. The molecule has 1 atom stereocenters. The minimum Gasteiger partial charge on any atom is -0.326 e. The summed E-state index contributed by atoms with van der Waals surface area (Å²) in [6.45, 7) is 0.294. The van der Waals surface area contributed by atoms with Crippen molar-refractivity contribution in [3.8, 4) is 0 Å². The number of anilines is 2. The minimum absolute atomic E-state index is 0.0647. The van der Waals surface area contributed by atoms with Crippen molar-refractivity contribution in [2.24, 2.45) is 5.92 Å². The van der Waals surface area contributed by atoms with Gasteiger partial charge in [0.15, 0.2) is 0 Å². The molecule has 7 heteroatoms. The molecule has 24 heavy (non-hydrogen) atoms. The number of nitrogens with one attached hydrogen (secondary N) is 1. The number of hydrogen-bond acceptors (Lipinski definition) is 2. The fourth-order valence-corrected chi connectivity index (χ4v) is 3.28. The van der Waals surface area contributed by atoms with Crippen molar-refractivity contribution >= 4 is 50.7 Å². The van der Waals surface area contributed by atoms with Gasteiger partial charge in [-0.2, -0.15) is 0 Å². The largest absolute Gasteiger partial charge is 0.326 e. The highest BCUT2D eigenvalue weighted by Crippen LogP contribution is 2.31. The molecule has 2 amide bonds. The summed E-state index contributed by atoms with van der Waals surface area (Å²) in [5.41, 5.74) is 1.14. The number of benzene rings is 2. The summed E-state index contributed by atoms with van der Waals surface area (Å²) in [4.78, 5) is 26.2. The van der Waals surface area contributed by atoms with Crippen molar-refractivity contribution in [3.63, 3.8) is 0 Å². The topological polar surface area (TPSA) is 49.4 Å². The first-order chi connectivity index (χ1) is 11.5. The molecule has 1 fully saturated rings. The van der Waals surface area contributed by atoms with E-state index in [2.05, 4.69) is 21.2 Å². The van der Waals surface area contributed by atoms with Crippen LogP contribution in [0.4, 0.5) is 15.8 Å². The second kappa shape index (κ2) is 6.91. The Morgan fingerprint density at radius 2 is 2.04 bits per heavy atom. The molecule has 1 saturated heterocycles. The molecule has 0 bridgehead atoms. The van der Waals surface area contributed by atoms with E-state index in [0.29, 0.717) is 12.2 Å². The maximum Gasteiger partial charge on any atom is 0.229 e. The zero-order valence-corrected chi connectivity index (χ0v) is 14.8. The molecule has 4 nitrogen and oxygen atoms in total. The van der Waals surface area contributed by atoms with Gasteiger partial charge in [0.25, 0.3) is 0 Å². The summed E-state index contributed by atoms with van der Waals surface area (Å²) in [5.74, 6) is -1.43. The molecule has 0 saturated carbocycles. The number of halogens is 3. The Hall–Kier alpha value is -1.92. The summed E-state index contributed by atoms with van der Waals surface area (Å²) < 4.78 is 14.0. The third-order valence-electron chi connectivity index (χ3n) is 3.83. The van der Waals surface area contributed by atoms with Crippen molar-refractivity contribution in [3.05, 3.63) is 57.8 Å². The van der Waals surface area contributed by atoms with Crippen LogP contribution < -0.4 is 10.2 Å². The zero-order chi connectivity index (χ0) is 17.3.